The summed E-state index contributed by atoms with van der Waals surface area (Å²) in [6.45, 7) is 0. The molecule has 0 aliphatic rings. The largest absolute Gasteiger partial charge is 0.207 e. The molecular formula is C14H9BrCl2F2. The van der Waals surface area contributed by atoms with E-state index in [9.17, 15) is 8.78 Å². The van der Waals surface area contributed by atoms with Gasteiger partial charge in [0.25, 0.3) is 0 Å². The number of benzene rings is 2. The smallest absolute Gasteiger partial charge is 0.129 e. The Bertz CT molecular complexity index is 602. The summed E-state index contributed by atoms with van der Waals surface area (Å²) in [7, 11) is 0. The lowest BCUT2D eigenvalue weighted by Crippen LogP contribution is -1.99. The Balaban J connectivity index is 2.25. The number of alkyl halides is 1. The van der Waals surface area contributed by atoms with E-state index < -0.39 is 11.6 Å². The molecule has 0 N–H and O–H groups in total. The highest BCUT2D eigenvalue weighted by molar-refractivity contribution is 9.09. The van der Waals surface area contributed by atoms with Crippen molar-refractivity contribution in [3.8, 4) is 0 Å². The normalized spacial score (nSPS) is 12.5. The van der Waals surface area contributed by atoms with Crippen molar-refractivity contribution in [1.82, 2.24) is 0 Å². The van der Waals surface area contributed by atoms with E-state index in [2.05, 4.69) is 15.9 Å². The maximum Gasteiger partial charge on any atom is 0.129 e. The van der Waals surface area contributed by atoms with Gasteiger partial charge in [-0.25, -0.2) is 8.78 Å². The molecule has 0 fully saturated rings. The van der Waals surface area contributed by atoms with E-state index in [4.69, 9.17) is 23.2 Å². The van der Waals surface area contributed by atoms with Gasteiger partial charge in [-0.1, -0.05) is 45.2 Å². The fraction of sp³-hybridized carbons (Fsp3) is 0.143. The molecule has 0 saturated carbocycles. The Morgan fingerprint density at radius 1 is 1.05 bits per heavy atom. The minimum atomic E-state index is -0.590. The second kappa shape index (κ2) is 6.21. The third kappa shape index (κ3) is 3.68. The Kier molecular flexibility index (Phi) is 4.82. The third-order valence-corrected chi connectivity index (χ3v) is 4.11. The second-order valence-electron chi connectivity index (χ2n) is 4.07. The minimum Gasteiger partial charge on any atom is -0.207 e. The van der Waals surface area contributed by atoms with Gasteiger partial charge in [0.05, 0.1) is 0 Å². The van der Waals surface area contributed by atoms with Gasteiger partial charge >= 0.3 is 0 Å². The van der Waals surface area contributed by atoms with Gasteiger partial charge in [0.1, 0.15) is 11.6 Å². The van der Waals surface area contributed by atoms with E-state index in [1.54, 1.807) is 18.2 Å². The lowest BCUT2D eigenvalue weighted by atomic mass is 10.0. The lowest BCUT2D eigenvalue weighted by molar-refractivity contribution is 0.571. The molecule has 0 amide bonds. The van der Waals surface area contributed by atoms with Crippen molar-refractivity contribution in [2.75, 3.05) is 0 Å². The van der Waals surface area contributed by atoms with Crippen molar-refractivity contribution in [2.24, 2.45) is 0 Å². The number of rotatable bonds is 3. The molecular weight excluding hydrogens is 357 g/mol. The molecule has 1 atom stereocenters. The number of halogens is 5. The van der Waals surface area contributed by atoms with Gasteiger partial charge < -0.3 is 0 Å². The Morgan fingerprint density at radius 2 is 1.79 bits per heavy atom. The zero-order valence-corrected chi connectivity index (χ0v) is 12.7. The quantitative estimate of drug-likeness (QED) is 0.589. The van der Waals surface area contributed by atoms with Gasteiger partial charge in [-0.2, -0.15) is 0 Å². The molecule has 2 aromatic carbocycles. The molecule has 0 saturated heterocycles. The summed E-state index contributed by atoms with van der Waals surface area (Å²) in [5.74, 6) is -1.16. The van der Waals surface area contributed by atoms with Crippen LogP contribution < -0.4 is 0 Å². The summed E-state index contributed by atoms with van der Waals surface area (Å²) in [5, 5.41) is 1.11. The van der Waals surface area contributed by atoms with Crippen molar-refractivity contribution in [3.63, 3.8) is 0 Å². The second-order valence-corrected chi connectivity index (χ2v) is 6.02. The van der Waals surface area contributed by atoms with Crippen LogP contribution in [0.2, 0.25) is 10.0 Å². The van der Waals surface area contributed by atoms with Gasteiger partial charge in [-0.3, -0.25) is 0 Å². The van der Waals surface area contributed by atoms with Crippen LogP contribution >= 0.6 is 39.1 Å². The first-order chi connectivity index (χ1) is 8.97. The zero-order valence-electron chi connectivity index (χ0n) is 9.64. The molecule has 0 spiro atoms. The Morgan fingerprint density at radius 3 is 2.47 bits per heavy atom. The van der Waals surface area contributed by atoms with Crippen LogP contribution in [-0.4, -0.2) is 0 Å². The topological polar surface area (TPSA) is 0 Å². The molecule has 2 rings (SSSR count). The van der Waals surface area contributed by atoms with Crippen LogP contribution in [0.4, 0.5) is 8.78 Å². The standard InChI is InChI=1S/C14H9BrCl2F2/c15-12(11-6-9(16)2-4-13(11)17)5-8-1-3-10(18)7-14(8)19/h1-4,6-7,12H,5H2. The molecule has 100 valence electrons. The van der Waals surface area contributed by atoms with Gasteiger partial charge in [0.15, 0.2) is 0 Å². The van der Waals surface area contributed by atoms with Crippen LogP contribution in [0, 0.1) is 11.6 Å². The van der Waals surface area contributed by atoms with Gasteiger partial charge in [-0.15, -0.1) is 0 Å². The molecule has 1 unspecified atom stereocenters. The highest BCUT2D eigenvalue weighted by Gasteiger charge is 2.15. The summed E-state index contributed by atoms with van der Waals surface area (Å²) in [5.41, 5.74) is 1.19. The molecule has 0 aliphatic carbocycles. The van der Waals surface area contributed by atoms with E-state index in [1.165, 1.54) is 12.1 Å². The fourth-order valence-electron chi connectivity index (χ4n) is 1.74. The van der Waals surface area contributed by atoms with Crippen LogP contribution in [0.3, 0.4) is 0 Å². The maximum absolute atomic E-state index is 13.6. The van der Waals surface area contributed by atoms with Gasteiger partial charge in [0, 0.05) is 20.9 Å². The Hall–Kier alpha value is -0.640. The summed E-state index contributed by atoms with van der Waals surface area (Å²) in [6.07, 6.45) is 0.353. The first-order valence-electron chi connectivity index (χ1n) is 5.50. The van der Waals surface area contributed by atoms with Crippen LogP contribution in [0.25, 0.3) is 0 Å². The minimum absolute atomic E-state index is 0.196. The molecule has 0 heterocycles. The predicted octanol–water partition coefficient (Wildman–Crippen LogP) is 5.95. The summed E-state index contributed by atoms with van der Waals surface area (Å²) >= 11 is 15.4. The van der Waals surface area contributed by atoms with Crippen molar-refractivity contribution < 1.29 is 8.78 Å². The molecule has 0 aromatic heterocycles. The maximum atomic E-state index is 13.6. The number of hydrogen-bond donors (Lipinski definition) is 0. The lowest BCUT2D eigenvalue weighted by Gasteiger charge is -2.13. The van der Waals surface area contributed by atoms with E-state index >= 15 is 0 Å². The fourth-order valence-corrected chi connectivity index (χ4v) is 3.03. The van der Waals surface area contributed by atoms with Crippen LogP contribution in [0.5, 0.6) is 0 Å². The van der Waals surface area contributed by atoms with E-state index in [0.29, 0.717) is 22.0 Å². The van der Waals surface area contributed by atoms with Gasteiger partial charge in [0.2, 0.25) is 0 Å². The highest BCUT2D eigenvalue weighted by atomic mass is 79.9. The molecule has 0 aliphatic heterocycles. The molecule has 19 heavy (non-hydrogen) atoms. The molecule has 0 bridgehead atoms. The average molecular weight is 366 g/mol. The van der Waals surface area contributed by atoms with Crippen LogP contribution in [0.1, 0.15) is 16.0 Å². The first kappa shape index (κ1) is 14.8. The third-order valence-electron chi connectivity index (χ3n) is 2.71. The van der Waals surface area contributed by atoms with E-state index in [0.717, 1.165) is 11.6 Å². The highest BCUT2D eigenvalue weighted by Crippen LogP contribution is 2.34. The van der Waals surface area contributed by atoms with Crippen molar-refractivity contribution in [2.45, 2.75) is 11.2 Å². The summed E-state index contributed by atoms with van der Waals surface area (Å²) in [4.78, 5) is -0.196. The molecule has 0 nitrogen and oxygen atoms in total. The van der Waals surface area contributed by atoms with Crippen molar-refractivity contribution in [1.29, 1.82) is 0 Å². The Labute approximate surface area is 128 Å². The average Bonchev–Trinajstić information content (AvgIpc) is 2.35. The van der Waals surface area contributed by atoms with E-state index in [-0.39, 0.29) is 4.83 Å². The number of hydrogen-bond acceptors (Lipinski definition) is 0. The van der Waals surface area contributed by atoms with Gasteiger partial charge in [-0.05, 0) is 41.8 Å². The summed E-state index contributed by atoms with van der Waals surface area (Å²) < 4.78 is 26.4. The van der Waals surface area contributed by atoms with E-state index in [1.807, 2.05) is 0 Å². The van der Waals surface area contributed by atoms with Crippen LogP contribution in [0.15, 0.2) is 36.4 Å². The summed E-state index contributed by atoms with van der Waals surface area (Å²) in [6, 6.07) is 8.63. The SMILES string of the molecule is Fc1ccc(CC(Br)c2cc(Cl)ccc2Cl)c(F)c1. The first-order valence-corrected chi connectivity index (χ1v) is 7.17. The van der Waals surface area contributed by atoms with Crippen molar-refractivity contribution >= 4 is 39.1 Å². The predicted molar refractivity (Wildman–Crippen MR) is 78.2 cm³/mol. The molecule has 2 aromatic rings. The van der Waals surface area contributed by atoms with Crippen molar-refractivity contribution in [3.05, 3.63) is 69.2 Å². The molecule has 0 radical (unpaired) electrons. The monoisotopic (exact) mass is 364 g/mol. The molecule has 5 heteroatoms. The zero-order chi connectivity index (χ0) is 14.0. The van der Waals surface area contributed by atoms with Crippen LogP contribution in [-0.2, 0) is 6.42 Å².